The highest BCUT2D eigenvalue weighted by molar-refractivity contribution is 5.85. The van der Waals surface area contributed by atoms with Crippen molar-refractivity contribution in [3.05, 3.63) is 59.4 Å². The van der Waals surface area contributed by atoms with Crippen LogP contribution in [0.4, 0.5) is 5.69 Å². The molecule has 0 saturated carbocycles. The second-order valence-corrected chi connectivity index (χ2v) is 5.64. The number of hydrogen-bond donors (Lipinski definition) is 1. The Morgan fingerprint density at radius 3 is 2.90 bits per heavy atom. The lowest BCUT2D eigenvalue weighted by Gasteiger charge is -2.34. The van der Waals surface area contributed by atoms with Crippen molar-refractivity contribution in [1.82, 2.24) is 4.98 Å². The highest BCUT2D eigenvalue weighted by Crippen LogP contribution is 2.30. The number of carboxylic acids is 1. The van der Waals surface area contributed by atoms with Crippen LogP contribution in [0.1, 0.15) is 28.7 Å². The van der Waals surface area contributed by atoms with E-state index in [0.29, 0.717) is 12.5 Å². The predicted molar refractivity (Wildman–Crippen MR) is 81.6 cm³/mol. The van der Waals surface area contributed by atoms with Crippen LogP contribution in [0.3, 0.4) is 0 Å². The fourth-order valence-electron chi connectivity index (χ4n) is 2.94. The van der Waals surface area contributed by atoms with E-state index < -0.39 is 5.97 Å². The summed E-state index contributed by atoms with van der Waals surface area (Å²) in [6, 6.07) is 13.6. The van der Waals surface area contributed by atoms with Crippen LogP contribution in [0.25, 0.3) is 0 Å². The largest absolute Gasteiger partial charge is 0.477 e. The van der Waals surface area contributed by atoms with Gasteiger partial charge in [-0.2, -0.15) is 0 Å². The summed E-state index contributed by atoms with van der Waals surface area (Å²) in [5, 5.41) is 9.04. The number of carbonyl (C=O) groups is 1. The number of hydrogen-bond acceptors (Lipinski definition) is 3. The molecule has 1 N–H and O–H groups in total. The van der Waals surface area contributed by atoms with E-state index in [4.69, 9.17) is 5.11 Å². The zero-order valence-corrected chi connectivity index (χ0v) is 12.0. The van der Waals surface area contributed by atoms with Crippen molar-refractivity contribution >= 4 is 11.7 Å². The second-order valence-electron chi connectivity index (χ2n) is 5.64. The monoisotopic (exact) mass is 282 g/mol. The summed E-state index contributed by atoms with van der Waals surface area (Å²) >= 11 is 0. The van der Waals surface area contributed by atoms with E-state index in [9.17, 15) is 4.79 Å². The van der Waals surface area contributed by atoms with Crippen LogP contribution in [-0.2, 0) is 13.0 Å². The Kier molecular flexibility index (Phi) is 3.60. The molecule has 4 heteroatoms. The van der Waals surface area contributed by atoms with Crippen molar-refractivity contribution in [3.8, 4) is 0 Å². The smallest absolute Gasteiger partial charge is 0.354 e. The maximum absolute atomic E-state index is 11.0. The van der Waals surface area contributed by atoms with Crippen LogP contribution in [0.15, 0.2) is 42.5 Å². The van der Waals surface area contributed by atoms with Crippen molar-refractivity contribution in [2.24, 2.45) is 5.92 Å². The van der Waals surface area contributed by atoms with Crippen molar-refractivity contribution < 1.29 is 9.90 Å². The molecular weight excluding hydrogens is 264 g/mol. The lowest BCUT2D eigenvalue weighted by atomic mass is 9.94. The van der Waals surface area contributed by atoms with Gasteiger partial charge in [0.1, 0.15) is 5.69 Å². The molecule has 108 valence electrons. The highest BCUT2D eigenvalue weighted by atomic mass is 16.4. The Hall–Kier alpha value is -2.36. The molecule has 0 spiro atoms. The molecule has 0 fully saturated rings. The fourth-order valence-corrected chi connectivity index (χ4v) is 2.94. The lowest BCUT2D eigenvalue weighted by molar-refractivity contribution is 0.0690. The van der Waals surface area contributed by atoms with Gasteiger partial charge in [0.2, 0.25) is 0 Å². The number of para-hydroxylation sites is 1. The Labute approximate surface area is 124 Å². The molecule has 0 saturated heterocycles. The van der Waals surface area contributed by atoms with Gasteiger partial charge in [-0.1, -0.05) is 31.2 Å². The van der Waals surface area contributed by atoms with Crippen LogP contribution in [0.5, 0.6) is 0 Å². The topological polar surface area (TPSA) is 53.4 Å². The molecule has 1 atom stereocenters. The van der Waals surface area contributed by atoms with Crippen molar-refractivity contribution in [3.63, 3.8) is 0 Å². The molecule has 3 rings (SSSR count). The number of nitrogens with zero attached hydrogens (tertiary/aromatic N) is 2. The van der Waals surface area contributed by atoms with Gasteiger partial charge in [0.25, 0.3) is 0 Å². The average Bonchev–Trinajstić information content (AvgIpc) is 2.47. The molecule has 1 aromatic carbocycles. The summed E-state index contributed by atoms with van der Waals surface area (Å²) in [5.41, 5.74) is 3.48. The van der Waals surface area contributed by atoms with E-state index in [1.165, 1.54) is 17.3 Å². The number of carboxylic acid groups (broad SMARTS) is 1. The van der Waals surface area contributed by atoms with Crippen molar-refractivity contribution in [2.75, 3.05) is 11.4 Å². The van der Waals surface area contributed by atoms with Crippen LogP contribution >= 0.6 is 0 Å². The first kappa shape index (κ1) is 13.6. The Morgan fingerprint density at radius 1 is 1.29 bits per heavy atom. The molecule has 1 unspecified atom stereocenters. The van der Waals surface area contributed by atoms with Gasteiger partial charge < -0.3 is 10.0 Å². The van der Waals surface area contributed by atoms with Gasteiger partial charge in [0.15, 0.2) is 0 Å². The number of aromatic nitrogens is 1. The summed E-state index contributed by atoms with van der Waals surface area (Å²) in [7, 11) is 0. The van der Waals surface area contributed by atoms with Crippen LogP contribution in [-0.4, -0.2) is 22.6 Å². The van der Waals surface area contributed by atoms with E-state index in [1.54, 1.807) is 6.07 Å². The number of anilines is 1. The van der Waals surface area contributed by atoms with E-state index in [2.05, 4.69) is 35.0 Å². The molecule has 0 bridgehead atoms. The van der Waals surface area contributed by atoms with Gasteiger partial charge in [-0.3, -0.25) is 0 Å². The first-order valence-electron chi connectivity index (χ1n) is 7.15. The van der Waals surface area contributed by atoms with Crippen LogP contribution in [0, 0.1) is 5.92 Å². The van der Waals surface area contributed by atoms with Gasteiger partial charge in [-0.25, -0.2) is 9.78 Å². The average molecular weight is 282 g/mol. The zero-order valence-electron chi connectivity index (χ0n) is 12.0. The summed E-state index contributed by atoms with van der Waals surface area (Å²) in [6.07, 6.45) is 1.09. The molecule has 0 aliphatic carbocycles. The molecule has 0 radical (unpaired) electrons. The summed E-state index contributed by atoms with van der Waals surface area (Å²) < 4.78 is 0. The number of rotatable bonds is 3. The van der Waals surface area contributed by atoms with Gasteiger partial charge >= 0.3 is 5.97 Å². The zero-order chi connectivity index (χ0) is 14.8. The van der Waals surface area contributed by atoms with E-state index in [1.807, 2.05) is 12.1 Å². The number of benzene rings is 1. The molecule has 1 aliphatic rings. The van der Waals surface area contributed by atoms with E-state index in [-0.39, 0.29) is 5.69 Å². The summed E-state index contributed by atoms with van der Waals surface area (Å²) in [5.74, 6) is -0.396. The molecule has 0 amide bonds. The van der Waals surface area contributed by atoms with Crippen LogP contribution < -0.4 is 4.90 Å². The Morgan fingerprint density at radius 2 is 2.10 bits per heavy atom. The highest BCUT2D eigenvalue weighted by Gasteiger charge is 2.21. The second kappa shape index (κ2) is 5.56. The third-order valence-corrected chi connectivity index (χ3v) is 3.81. The molecule has 4 nitrogen and oxygen atoms in total. The predicted octanol–water partition coefficient (Wildman–Crippen LogP) is 2.98. The van der Waals surface area contributed by atoms with Crippen molar-refractivity contribution in [1.29, 1.82) is 0 Å². The normalized spacial score (nSPS) is 17.4. The van der Waals surface area contributed by atoms with E-state index in [0.717, 1.165) is 18.7 Å². The third kappa shape index (κ3) is 2.89. The van der Waals surface area contributed by atoms with Crippen LogP contribution in [0.2, 0.25) is 0 Å². The quantitative estimate of drug-likeness (QED) is 0.940. The summed E-state index contributed by atoms with van der Waals surface area (Å²) in [6.45, 7) is 3.85. The molecule has 21 heavy (non-hydrogen) atoms. The maximum atomic E-state index is 11.0. The Balaban J connectivity index is 1.88. The molecule has 2 heterocycles. The molecule has 1 aliphatic heterocycles. The SMILES string of the molecule is CC1Cc2ccccc2N(Cc2cccc(C(=O)O)n2)C1. The standard InChI is InChI=1S/C17H18N2O2/c1-12-9-13-5-2-3-8-16(13)19(10-12)11-14-6-4-7-15(18-14)17(20)21/h2-8,12H,9-11H2,1H3,(H,20,21). The molecule has 2 aromatic rings. The first-order chi connectivity index (χ1) is 10.1. The minimum Gasteiger partial charge on any atom is -0.477 e. The minimum absolute atomic E-state index is 0.103. The van der Waals surface area contributed by atoms with Crippen molar-refractivity contribution in [2.45, 2.75) is 19.9 Å². The van der Waals surface area contributed by atoms with Gasteiger partial charge in [0.05, 0.1) is 12.2 Å². The first-order valence-corrected chi connectivity index (χ1v) is 7.15. The van der Waals surface area contributed by atoms with Gasteiger partial charge in [-0.05, 0) is 36.1 Å². The summed E-state index contributed by atoms with van der Waals surface area (Å²) in [4.78, 5) is 17.5. The number of fused-ring (bicyclic) bond motifs is 1. The molecule has 1 aromatic heterocycles. The third-order valence-electron chi connectivity index (χ3n) is 3.81. The lowest BCUT2D eigenvalue weighted by Crippen LogP contribution is -2.34. The molecular formula is C17H18N2O2. The maximum Gasteiger partial charge on any atom is 0.354 e. The number of pyridine rings is 1. The van der Waals surface area contributed by atoms with Gasteiger partial charge in [-0.15, -0.1) is 0 Å². The Bertz CT molecular complexity index is 669. The number of aromatic carboxylic acids is 1. The van der Waals surface area contributed by atoms with E-state index >= 15 is 0 Å². The fraction of sp³-hybridized carbons (Fsp3) is 0.294. The van der Waals surface area contributed by atoms with Gasteiger partial charge in [0, 0.05) is 12.2 Å². The minimum atomic E-state index is -0.982.